The van der Waals surface area contributed by atoms with Crippen molar-refractivity contribution in [3.05, 3.63) is 28.8 Å². The van der Waals surface area contributed by atoms with Crippen molar-refractivity contribution >= 4 is 0 Å². The molecule has 2 nitrogen and oxygen atoms in total. The van der Waals surface area contributed by atoms with Crippen molar-refractivity contribution in [3.63, 3.8) is 0 Å². The SMILES string of the molecule is Cc1cc(CO)cc(C)c1OCCC1CCCC1. The molecule has 2 heteroatoms. The fraction of sp³-hybridized carbons (Fsp3) is 0.625. The van der Waals surface area contributed by atoms with Crippen LogP contribution in [0.2, 0.25) is 0 Å². The average Bonchev–Trinajstić information content (AvgIpc) is 2.85. The van der Waals surface area contributed by atoms with E-state index >= 15 is 0 Å². The molecule has 0 aromatic heterocycles. The van der Waals surface area contributed by atoms with E-state index in [2.05, 4.69) is 13.8 Å². The van der Waals surface area contributed by atoms with Gasteiger partial charge in [-0.3, -0.25) is 0 Å². The maximum absolute atomic E-state index is 9.16. The number of aliphatic hydroxyl groups is 1. The highest BCUT2D eigenvalue weighted by atomic mass is 16.5. The Labute approximate surface area is 110 Å². The van der Waals surface area contributed by atoms with E-state index in [1.807, 2.05) is 12.1 Å². The normalized spacial score (nSPS) is 16.2. The van der Waals surface area contributed by atoms with Crippen LogP contribution in [0.5, 0.6) is 5.75 Å². The van der Waals surface area contributed by atoms with Gasteiger partial charge in [0.1, 0.15) is 5.75 Å². The van der Waals surface area contributed by atoms with E-state index in [0.717, 1.165) is 35.0 Å². The van der Waals surface area contributed by atoms with E-state index in [4.69, 9.17) is 9.84 Å². The van der Waals surface area contributed by atoms with Gasteiger partial charge in [-0.2, -0.15) is 0 Å². The molecule has 0 heterocycles. The maximum atomic E-state index is 9.16. The van der Waals surface area contributed by atoms with E-state index in [1.165, 1.54) is 32.1 Å². The molecule has 0 radical (unpaired) electrons. The predicted molar refractivity (Wildman–Crippen MR) is 73.9 cm³/mol. The van der Waals surface area contributed by atoms with Gasteiger partial charge in [-0.25, -0.2) is 0 Å². The van der Waals surface area contributed by atoms with E-state index in [-0.39, 0.29) is 6.61 Å². The predicted octanol–water partition coefficient (Wildman–Crippen LogP) is 3.75. The van der Waals surface area contributed by atoms with Crippen LogP contribution in [0.3, 0.4) is 0 Å². The van der Waals surface area contributed by atoms with Gasteiger partial charge in [0.25, 0.3) is 0 Å². The summed E-state index contributed by atoms with van der Waals surface area (Å²) in [7, 11) is 0. The van der Waals surface area contributed by atoms with E-state index in [0.29, 0.717) is 0 Å². The molecule has 1 fully saturated rings. The fourth-order valence-electron chi connectivity index (χ4n) is 2.99. The molecule has 1 aliphatic carbocycles. The Hall–Kier alpha value is -1.02. The molecule has 0 saturated heterocycles. The van der Waals surface area contributed by atoms with Gasteiger partial charge in [-0.1, -0.05) is 37.8 Å². The number of rotatable bonds is 5. The van der Waals surface area contributed by atoms with Crippen LogP contribution < -0.4 is 4.74 Å². The first-order chi connectivity index (χ1) is 8.70. The number of ether oxygens (including phenoxy) is 1. The Bertz CT molecular complexity index is 369. The summed E-state index contributed by atoms with van der Waals surface area (Å²) in [6, 6.07) is 4.02. The summed E-state index contributed by atoms with van der Waals surface area (Å²) < 4.78 is 5.95. The molecule has 1 saturated carbocycles. The zero-order valence-corrected chi connectivity index (χ0v) is 11.5. The van der Waals surface area contributed by atoms with E-state index in [1.54, 1.807) is 0 Å². The van der Waals surface area contributed by atoms with Gasteiger partial charge >= 0.3 is 0 Å². The highest BCUT2D eigenvalue weighted by Gasteiger charge is 2.15. The lowest BCUT2D eigenvalue weighted by Gasteiger charge is -2.15. The minimum absolute atomic E-state index is 0.101. The Morgan fingerprint density at radius 1 is 1.17 bits per heavy atom. The van der Waals surface area contributed by atoms with Crippen LogP contribution >= 0.6 is 0 Å². The first-order valence-corrected chi connectivity index (χ1v) is 7.04. The van der Waals surface area contributed by atoms with Gasteiger partial charge in [0.2, 0.25) is 0 Å². The van der Waals surface area contributed by atoms with Crippen molar-refractivity contribution in [1.82, 2.24) is 0 Å². The van der Waals surface area contributed by atoms with Crippen molar-refractivity contribution < 1.29 is 9.84 Å². The fourth-order valence-corrected chi connectivity index (χ4v) is 2.99. The zero-order chi connectivity index (χ0) is 13.0. The lowest BCUT2D eigenvalue weighted by atomic mass is 10.0. The Morgan fingerprint density at radius 3 is 2.33 bits per heavy atom. The summed E-state index contributed by atoms with van der Waals surface area (Å²) in [6.45, 7) is 5.03. The summed E-state index contributed by atoms with van der Waals surface area (Å²) in [5.74, 6) is 1.88. The van der Waals surface area contributed by atoms with Crippen molar-refractivity contribution in [2.24, 2.45) is 5.92 Å². The van der Waals surface area contributed by atoms with Crippen molar-refractivity contribution in [2.45, 2.75) is 52.6 Å². The number of hydrogen-bond donors (Lipinski definition) is 1. The summed E-state index contributed by atoms with van der Waals surface area (Å²) in [4.78, 5) is 0. The summed E-state index contributed by atoms with van der Waals surface area (Å²) >= 11 is 0. The van der Waals surface area contributed by atoms with Crippen LogP contribution in [0.1, 0.15) is 48.8 Å². The van der Waals surface area contributed by atoms with Gasteiger partial charge in [0.15, 0.2) is 0 Å². The highest BCUT2D eigenvalue weighted by molar-refractivity contribution is 5.43. The molecule has 1 aromatic rings. The molecule has 0 amide bonds. The van der Waals surface area contributed by atoms with Crippen LogP contribution in [0.15, 0.2) is 12.1 Å². The molecule has 1 aromatic carbocycles. The van der Waals surface area contributed by atoms with Crippen LogP contribution in [0.4, 0.5) is 0 Å². The minimum Gasteiger partial charge on any atom is -0.493 e. The third-order valence-corrected chi connectivity index (χ3v) is 3.95. The second kappa shape index (κ2) is 6.24. The molecule has 0 spiro atoms. The molecule has 2 rings (SSSR count). The molecule has 1 N–H and O–H groups in total. The van der Waals surface area contributed by atoms with E-state index < -0.39 is 0 Å². The first-order valence-electron chi connectivity index (χ1n) is 7.04. The molecular formula is C16H24O2. The molecule has 0 aliphatic heterocycles. The summed E-state index contributed by atoms with van der Waals surface area (Å²) in [5, 5.41) is 9.16. The monoisotopic (exact) mass is 248 g/mol. The number of hydrogen-bond acceptors (Lipinski definition) is 2. The third kappa shape index (κ3) is 3.26. The molecule has 18 heavy (non-hydrogen) atoms. The van der Waals surface area contributed by atoms with Gasteiger partial charge in [-0.15, -0.1) is 0 Å². The van der Waals surface area contributed by atoms with Crippen LogP contribution in [-0.2, 0) is 6.61 Å². The average molecular weight is 248 g/mol. The summed E-state index contributed by atoms with van der Waals surface area (Å²) in [6.07, 6.45) is 6.73. The zero-order valence-electron chi connectivity index (χ0n) is 11.5. The quantitative estimate of drug-likeness (QED) is 0.859. The van der Waals surface area contributed by atoms with Crippen molar-refractivity contribution in [2.75, 3.05) is 6.61 Å². The van der Waals surface area contributed by atoms with Crippen molar-refractivity contribution in [3.8, 4) is 5.75 Å². The molecular weight excluding hydrogens is 224 g/mol. The van der Waals surface area contributed by atoms with Gasteiger partial charge < -0.3 is 9.84 Å². The third-order valence-electron chi connectivity index (χ3n) is 3.95. The number of aryl methyl sites for hydroxylation is 2. The lowest BCUT2D eigenvalue weighted by Crippen LogP contribution is -2.06. The minimum atomic E-state index is 0.101. The second-order valence-corrected chi connectivity index (χ2v) is 5.50. The van der Waals surface area contributed by atoms with Crippen LogP contribution in [-0.4, -0.2) is 11.7 Å². The molecule has 100 valence electrons. The van der Waals surface area contributed by atoms with Gasteiger partial charge in [-0.05, 0) is 42.9 Å². The standard InChI is InChI=1S/C16H24O2/c1-12-9-15(11-17)10-13(2)16(12)18-8-7-14-5-3-4-6-14/h9-10,14,17H,3-8,11H2,1-2H3. The molecule has 0 atom stereocenters. The molecule has 0 unspecified atom stereocenters. The molecule has 0 bridgehead atoms. The Morgan fingerprint density at radius 2 is 1.78 bits per heavy atom. The lowest BCUT2D eigenvalue weighted by molar-refractivity contribution is 0.273. The second-order valence-electron chi connectivity index (χ2n) is 5.50. The first kappa shape index (κ1) is 13.4. The molecule has 1 aliphatic rings. The largest absolute Gasteiger partial charge is 0.493 e. The van der Waals surface area contributed by atoms with Crippen LogP contribution in [0, 0.1) is 19.8 Å². The topological polar surface area (TPSA) is 29.5 Å². The Balaban J connectivity index is 1.92. The smallest absolute Gasteiger partial charge is 0.125 e. The highest BCUT2D eigenvalue weighted by Crippen LogP contribution is 2.29. The number of benzene rings is 1. The maximum Gasteiger partial charge on any atom is 0.125 e. The summed E-state index contributed by atoms with van der Waals surface area (Å²) in [5.41, 5.74) is 3.23. The van der Waals surface area contributed by atoms with Gasteiger partial charge in [0.05, 0.1) is 13.2 Å². The Kier molecular flexibility index (Phi) is 4.65. The van der Waals surface area contributed by atoms with Crippen LogP contribution in [0.25, 0.3) is 0 Å². The number of aliphatic hydroxyl groups excluding tert-OH is 1. The van der Waals surface area contributed by atoms with E-state index in [9.17, 15) is 0 Å². The van der Waals surface area contributed by atoms with Crippen molar-refractivity contribution in [1.29, 1.82) is 0 Å². The van der Waals surface area contributed by atoms with Gasteiger partial charge in [0, 0.05) is 0 Å².